The van der Waals surface area contributed by atoms with Crippen LogP contribution in [0.5, 0.6) is 0 Å². The fourth-order valence-electron chi connectivity index (χ4n) is 7.15. The summed E-state index contributed by atoms with van der Waals surface area (Å²) < 4.78 is 61.9. The molecule has 0 aliphatic carbocycles. The number of rotatable bonds is 28. The maximum Gasteiger partial charge on any atom is 0.416 e. The van der Waals surface area contributed by atoms with E-state index in [1.54, 1.807) is 30.5 Å². The van der Waals surface area contributed by atoms with Crippen LogP contribution in [0.2, 0.25) is 0 Å². The zero-order valence-electron chi connectivity index (χ0n) is 37.1. The number of piperidine rings is 1. The number of alkyl halides is 3. The van der Waals surface area contributed by atoms with Crippen LogP contribution in [-0.2, 0) is 42.9 Å². The number of nitrogens with one attached hydrogen (secondary N) is 3. The molecule has 2 heterocycles. The van der Waals surface area contributed by atoms with Gasteiger partial charge in [-0.05, 0) is 97.3 Å². The molecular formula is C48H62F3N5O10. The van der Waals surface area contributed by atoms with E-state index in [4.69, 9.17) is 18.9 Å². The van der Waals surface area contributed by atoms with Crippen molar-refractivity contribution in [2.45, 2.75) is 63.0 Å². The molecular weight excluding hydrogens is 864 g/mol. The Hall–Kier alpha value is -5.02. The molecule has 2 amide bonds. The first-order valence-corrected chi connectivity index (χ1v) is 22.2. The molecule has 0 saturated carbocycles. The van der Waals surface area contributed by atoms with Gasteiger partial charge in [-0.15, -0.1) is 0 Å². The van der Waals surface area contributed by atoms with E-state index in [1.165, 1.54) is 6.07 Å². The van der Waals surface area contributed by atoms with Gasteiger partial charge in [0.2, 0.25) is 5.91 Å². The molecule has 15 nitrogen and oxygen atoms in total. The summed E-state index contributed by atoms with van der Waals surface area (Å²) in [4.78, 5) is 32.6. The number of hydrogen-bond acceptors (Lipinski definition) is 13. The Morgan fingerprint density at radius 2 is 1.39 bits per heavy atom. The first kappa shape index (κ1) is 52.0. The van der Waals surface area contributed by atoms with Gasteiger partial charge in [0.25, 0.3) is 5.91 Å². The molecule has 1 aromatic heterocycles. The number of amides is 2. The number of pyridine rings is 1. The Kier molecular flexibility index (Phi) is 21.2. The Labute approximate surface area is 383 Å². The van der Waals surface area contributed by atoms with Crippen LogP contribution in [0.1, 0.15) is 70.9 Å². The number of anilines is 2. The van der Waals surface area contributed by atoms with Crippen LogP contribution in [0.4, 0.5) is 24.5 Å². The van der Waals surface area contributed by atoms with Crippen molar-refractivity contribution < 1.29 is 62.1 Å². The lowest BCUT2D eigenvalue weighted by Crippen LogP contribution is -2.57. The third kappa shape index (κ3) is 16.7. The number of hydrogen-bond donors (Lipinski definition) is 7. The minimum Gasteiger partial charge on any atom is -0.394 e. The molecule has 1 unspecified atom stereocenters. The fraction of sp³-hybridized carbons (Fsp3) is 0.479. The van der Waals surface area contributed by atoms with Gasteiger partial charge in [-0.25, -0.2) is 0 Å². The molecule has 0 spiro atoms. The van der Waals surface area contributed by atoms with Gasteiger partial charge in [0.05, 0.1) is 83.0 Å². The molecule has 7 N–H and O–H groups in total. The lowest BCUT2D eigenvalue weighted by Gasteiger charge is -2.29. The Morgan fingerprint density at radius 3 is 2.08 bits per heavy atom. The van der Waals surface area contributed by atoms with E-state index < -0.39 is 49.2 Å². The van der Waals surface area contributed by atoms with Gasteiger partial charge < -0.3 is 54.9 Å². The summed E-state index contributed by atoms with van der Waals surface area (Å²) in [5.41, 5.74) is 2.73. The van der Waals surface area contributed by atoms with Crippen molar-refractivity contribution in [2.75, 3.05) is 96.0 Å². The van der Waals surface area contributed by atoms with Gasteiger partial charge in [0.1, 0.15) is 11.8 Å². The lowest BCUT2D eigenvalue weighted by molar-refractivity contribution is -0.137. The highest BCUT2D eigenvalue weighted by molar-refractivity contribution is 6.06. The zero-order chi connectivity index (χ0) is 47.2. The van der Waals surface area contributed by atoms with Crippen molar-refractivity contribution in [3.8, 4) is 11.3 Å². The van der Waals surface area contributed by atoms with E-state index >= 15 is 0 Å². The Bertz CT molecular complexity index is 2090. The molecule has 1 fully saturated rings. The number of aliphatic hydroxyl groups excluding tert-OH is 4. The van der Waals surface area contributed by atoms with Crippen LogP contribution in [0.15, 0.2) is 85.1 Å². The molecule has 1 aliphatic heterocycles. The highest BCUT2D eigenvalue weighted by Gasteiger charge is 2.31. The van der Waals surface area contributed by atoms with Gasteiger partial charge in [-0.3, -0.25) is 19.9 Å². The fourth-order valence-corrected chi connectivity index (χ4v) is 7.15. The number of aliphatic hydroxyl groups is 4. The van der Waals surface area contributed by atoms with Gasteiger partial charge in [0, 0.05) is 55.7 Å². The monoisotopic (exact) mass is 925 g/mol. The normalized spacial score (nSPS) is 13.7. The summed E-state index contributed by atoms with van der Waals surface area (Å²) in [6.07, 6.45) is 0.591. The van der Waals surface area contributed by atoms with Crippen molar-refractivity contribution >= 4 is 23.2 Å². The Balaban J connectivity index is 1.05. The van der Waals surface area contributed by atoms with Crippen molar-refractivity contribution in [1.29, 1.82) is 0 Å². The highest BCUT2D eigenvalue weighted by Crippen LogP contribution is 2.34. The number of halogens is 3. The Morgan fingerprint density at radius 1 is 0.742 bits per heavy atom. The molecule has 360 valence electrons. The average molecular weight is 926 g/mol. The van der Waals surface area contributed by atoms with E-state index in [2.05, 4.69) is 25.8 Å². The maximum atomic E-state index is 13.8. The van der Waals surface area contributed by atoms with Crippen molar-refractivity contribution in [1.82, 2.24) is 15.6 Å². The third-order valence-electron chi connectivity index (χ3n) is 10.9. The van der Waals surface area contributed by atoms with Crippen LogP contribution < -0.4 is 20.9 Å². The molecule has 0 bridgehead atoms. The largest absolute Gasteiger partial charge is 0.416 e. The summed E-state index contributed by atoms with van der Waals surface area (Å²) >= 11 is 0. The number of benzene rings is 3. The average Bonchev–Trinajstić information content (AvgIpc) is 3.34. The zero-order valence-corrected chi connectivity index (χ0v) is 37.1. The molecule has 3 aromatic carbocycles. The van der Waals surface area contributed by atoms with E-state index in [-0.39, 0.29) is 32.1 Å². The quantitative estimate of drug-likeness (QED) is 0.0296. The second kappa shape index (κ2) is 27.0. The van der Waals surface area contributed by atoms with E-state index in [9.17, 15) is 43.2 Å². The smallest absolute Gasteiger partial charge is 0.394 e. The summed E-state index contributed by atoms with van der Waals surface area (Å²) in [6, 6.07) is 21.5. The van der Waals surface area contributed by atoms with Gasteiger partial charge >= 0.3 is 6.18 Å². The standard InChI is InChI=1S/C48H62F3N5O10/c49-48(50,51)39-11-5-8-36(28-39)31-53-45(61)38-14-16-52-43(29-38)41-30-40(56-17-2-1-3-18-56)12-13-42(41)54-46(62)37-10-4-7-35(27-37)9-6-19-63-21-23-65-25-26-66-24-22-64-20-15-44(60)55-47(32-57,33-58)34-59/h4-5,7-8,10-14,16,27-30,45,53,57-59,61H,1-3,6,9,15,17-26,31-34H2,(H,54,62)(H,55,60). The van der Waals surface area contributed by atoms with Crippen molar-refractivity contribution in [2.24, 2.45) is 0 Å². The van der Waals surface area contributed by atoms with Gasteiger partial charge in [-0.2, -0.15) is 13.2 Å². The van der Waals surface area contributed by atoms with E-state index in [1.807, 2.05) is 36.4 Å². The van der Waals surface area contributed by atoms with Crippen molar-refractivity contribution in [3.05, 3.63) is 113 Å². The summed E-state index contributed by atoms with van der Waals surface area (Å²) in [5.74, 6) is -0.767. The molecule has 66 heavy (non-hydrogen) atoms. The molecule has 1 saturated heterocycles. The number of carbonyl (C=O) groups is 2. The number of aryl methyl sites for hydroxylation is 1. The summed E-state index contributed by atoms with van der Waals surface area (Å²) in [7, 11) is 0. The number of aromatic nitrogens is 1. The molecule has 1 aliphatic rings. The van der Waals surface area contributed by atoms with Gasteiger partial charge in [0.15, 0.2) is 0 Å². The first-order chi connectivity index (χ1) is 31.9. The lowest BCUT2D eigenvalue weighted by atomic mass is 10.0. The van der Waals surface area contributed by atoms with Crippen LogP contribution in [0.25, 0.3) is 11.3 Å². The van der Waals surface area contributed by atoms with Crippen LogP contribution in [0, 0.1) is 0 Å². The van der Waals surface area contributed by atoms with Crippen molar-refractivity contribution in [3.63, 3.8) is 0 Å². The molecule has 18 heteroatoms. The number of ether oxygens (including phenoxy) is 4. The summed E-state index contributed by atoms with van der Waals surface area (Å²) in [5, 5.41) is 47.3. The third-order valence-corrected chi connectivity index (χ3v) is 10.9. The predicted molar refractivity (Wildman–Crippen MR) is 242 cm³/mol. The molecule has 0 radical (unpaired) electrons. The van der Waals surface area contributed by atoms with E-state index in [0.717, 1.165) is 62.2 Å². The molecule has 4 aromatic rings. The topological polar surface area (TPSA) is 204 Å². The van der Waals surface area contributed by atoms with Gasteiger partial charge in [-0.1, -0.05) is 30.3 Å². The number of carbonyl (C=O) groups excluding carboxylic acids is 2. The number of nitrogens with zero attached hydrogens (tertiary/aromatic N) is 2. The minimum absolute atomic E-state index is 0.00167. The van der Waals surface area contributed by atoms with Crippen LogP contribution in [-0.4, -0.2) is 129 Å². The highest BCUT2D eigenvalue weighted by atomic mass is 19.4. The summed E-state index contributed by atoms with van der Waals surface area (Å²) in [6.45, 7) is 2.74. The van der Waals surface area contributed by atoms with E-state index in [0.29, 0.717) is 79.7 Å². The second-order valence-electron chi connectivity index (χ2n) is 16.0. The van der Waals surface area contributed by atoms with Crippen LogP contribution >= 0.6 is 0 Å². The first-order valence-electron chi connectivity index (χ1n) is 22.2. The minimum atomic E-state index is -4.48. The predicted octanol–water partition coefficient (Wildman–Crippen LogP) is 5.01. The molecule has 5 rings (SSSR count). The van der Waals surface area contributed by atoms with Crippen LogP contribution in [0.3, 0.4) is 0 Å². The second-order valence-corrected chi connectivity index (χ2v) is 16.0. The molecule has 1 atom stereocenters. The SMILES string of the molecule is O=C(CCOCCOCCOCCOCCCc1cccc(C(=O)Nc2ccc(N3CCCCC3)cc2-c2cc(C(O)NCc3cccc(C(F)(F)F)c3)ccn2)c1)NC(CO)(CO)CO. The maximum absolute atomic E-state index is 13.8.